The van der Waals surface area contributed by atoms with Crippen molar-refractivity contribution in [1.82, 2.24) is 0 Å². The maximum atomic E-state index is 4.12. The van der Waals surface area contributed by atoms with Crippen molar-refractivity contribution >= 4 is 50.6 Å². The molecule has 0 amide bonds. The Balaban J connectivity index is 1.22. The van der Waals surface area contributed by atoms with Gasteiger partial charge in [-0.3, -0.25) is 0 Å². The number of hydrogen-bond donors (Lipinski definition) is 0. The minimum absolute atomic E-state index is 0.0774. The van der Waals surface area contributed by atoms with Gasteiger partial charge in [-0.15, -0.1) is 11.3 Å². The van der Waals surface area contributed by atoms with Crippen LogP contribution in [0.4, 0.5) is 17.1 Å². The molecule has 0 bridgehead atoms. The molecule has 0 radical (unpaired) electrons. The van der Waals surface area contributed by atoms with Gasteiger partial charge in [-0.2, -0.15) is 0 Å². The van der Waals surface area contributed by atoms with Crippen LogP contribution in [0.5, 0.6) is 0 Å². The molecule has 0 saturated heterocycles. The highest BCUT2D eigenvalue weighted by Gasteiger charge is 2.35. The Bertz CT molecular complexity index is 2320. The molecule has 1 aliphatic carbocycles. The van der Waals surface area contributed by atoms with Gasteiger partial charge in [0.2, 0.25) is 0 Å². The molecule has 0 atom stereocenters. The van der Waals surface area contributed by atoms with E-state index < -0.39 is 0 Å². The molecule has 0 spiro atoms. The van der Waals surface area contributed by atoms with Crippen molar-refractivity contribution < 1.29 is 0 Å². The van der Waals surface area contributed by atoms with Crippen LogP contribution in [0.25, 0.3) is 55.6 Å². The molecular formula is C46H37NS. The van der Waals surface area contributed by atoms with Crippen LogP contribution in [0, 0.1) is 0 Å². The van der Waals surface area contributed by atoms with Gasteiger partial charge in [-0.05, 0) is 112 Å². The molecule has 0 unspecified atom stereocenters. The van der Waals surface area contributed by atoms with Crippen molar-refractivity contribution in [3.63, 3.8) is 0 Å². The lowest BCUT2D eigenvalue weighted by Gasteiger charge is -2.28. The molecule has 2 heteroatoms. The van der Waals surface area contributed by atoms with E-state index in [1.165, 1.54) is 65.0 Å². The number of nitrogens with zero attached hydrogens (tertiary/aromatic N) is 1. The molecule has 1 aromatic heterocycles. The molecule has 0 fully saturated rings. The first-order valence-electron chi connectivity index (χ1n) is 16.6. The number of anilines is 3. The SMILES string of the molecule is C=Cc1c(/C=C\C)sc2ccc(-c3ccc(N(c4ccc(-c5ccccc5)cc4)c4ccc5c(c4)C(C)(C)c4ccccc4-5)cc3)cc12. The lowest BCUT2D eigenvalue weighted by molar-refractivity contribution is 0.660. The van der Waals surface area contributed by atoms with Crippen LogP contribution in [-0.2, 0) is 5.41 Å². The van der Waals surface area contributed by atoms with Crippen molar-refractivity contribution in [2.45, 2.75) is 26.2 Å². The second-order valence-electron chi connectivity index (χ2n) is 13.0. The highest BCUT2D eigenvalue weighted by atomic mass is 32.1. The Morgan fingerprint density at radius 1 is 0.583 bits per heavy atom. The Morgan fingerprint density at radius 3 is 1.85 bits per heavy atom. The summed E-state index contributed by atoms with van der Waals surface area (Å²) in [5.41, 5.74) is 14.8. The zero-order valence-corrected chi connectivity index (χ0v) is 28.4. The van der Waals surface area contributed by atoms with Gasteiger partial charge in [-0.1, -0.05) is 124 Å². The minimum atomic E-state index is -0.0774. The van der Waals surface area contributed by atoms with Crippen LogP contribution < -0.4 is 4.90 Å². The Hall–Kier alpha value is -5.44. The average molecular weight is 636 g/mol. The molecule has 7 aromatic rings. The van der Waals surface area contributed by atoms with Crippen LogP contribution >= 0.6 is 11.3 Å². The summed E-state index contributed by atoms with van der Waals surface area (Å²) in [6, 6.07) is 51.2. The molecule has 0 N–H and O–H groups in total. The molecule has 6 aromatic carbocycles. The minimum Gasteiger partial charge on any atom is -0.310 e. The van der Waals surface area contributed by atoms with Gasteiger partial charge < -0.3 is 4.90 Å². The molecule has 0 saturated carbocycles. The fourth-order valence-corrected chi connectivity index (χ4v) is 8.48. The standard InChI is InChI=1S/C46H37NS/c1-5-12-44-38(6-2)41-29-34(21-28-45(41)48-44)33-19-24-36(25-20-33)47(35-22-17-32(18-23-35)31-13-8-7-9-14-31)37-26-27-40-39-15-10-11-16-42(39)46(3,4)43(40)30-37/h5-30H,2H2,1,3-4H3/b12-5-. The van der Waals surface area contributed by atoms with Gasteiger partial charge in [0.25, 0.3) is 0 Å². The van der Waals surface area contributed by atoms with E-state index in [9.17, 15) is 0 Å². The van der Waals surface area contributed by atoms with Crippen molar-refractivity contribution in [2.75, 3.05) is 4.90 Å². The summed E-state index contributed by atoms with van der Waals surface area (Å²) >= 11 is 1.82. The largest absolute Gasteiger partial charge is 0.310 e. The Kier molecular flexibility index (Phi) is 7.47. The second-order valence-corrected chi connectivity index (χ2v) is 14.1. The summed E-state index contributed by atoms with van der Waals surface area (Å²) in [6.45, 7) is 10.9. The maximum absolute atomic E-state index is 4.12. The summed E-state index contributed by atoms with van der Waals surface area (Å²) in [4.78, 5) is 3.64. The molecule has 1 heterocycles. The Labute approximate surface area is 287 Å². The van der Waals surface area contributed by atoms with E-state index in [0.29, 0.717) is 0 Å². The summed E-state index contributed by atoms with van der Waals surface area (Å²) in [6.07, 6.45) is 6.26. The zero-order valence-electron chi connectivity index (χ0n) is 27.6. The van der Waals surface area contributed by atoms with Crippen LogP contribution in [0.15, 0.2) is 152 Å². The third-order valence-electron chi connectivity index (χ3n) is 9.79. The number of fused-ring (bicyclic) bond motifs is 4. The summed E-state index contributed by atoms with van der Waals surface area (Å²) in [5, 5.41) is 1.26. The normalized spacial score (nSPS) is 13.1. The molecular weight excluding hydrogens is 599 g/mol. The van der Waals surface area contributed by atoms with Crippen molar-refractivity contribution in [3.8, 4) is 33.4 Å². The van der Waals surface area contributed by atoms with Crippen LogP contribution in [-0.4, -0.2) is 0 Å². The van der Waals surface area contributed by atoms with E-state index in [2.05, 4.69) is 184 Å². The molecule has 1 aliphatic rings. The smallest absolute Gasteiger partial charge is 0.0465 e. The molecule has 0 aliphatic heterocycles. The van der Waals surface area contributed by atoms with E-state index in [1.54, 1.807) is 0 Å². The van der Waals surface area contributed by atoms with Gasteiger partial charge in [0.05, 0.1) is 0 Å². The van der Waals surface area contributed by atoms with Gasteiger partial charge in [0.15, 0.2) is 0 Å². The van der Waals surface area contributed by atoms with Gasteiger partial charge in [0.1, 0.15) is 0 Å². The lowest BCUT2D eigenvalue weighted by Crippen LogP contribution is -2.16. The predicted octanol–water partition coefficient (Wildman–Crippen LogP) is 13.7. The van der Waals surface area contributed by atoms with Crippen LogP contribution in [0.3, 0.4) is 0 Å². The number of benzene rings is 6. The fraction of sp³-hybridized carbons (Fsp3) is 0.0870. The maximum Gasteiger partial charge on any atom is 0.0465 e. The lowest BCUT2D eigenvalue weighted by atomic mass is 9.82. The number of allylic oxidation sites excluding steroid dienone is 1. The molecule has 232 valence electrons. The first kappa shape index (κ1) is 29.9. The van der Waals surface area contributed by atoms with Crippen molar-refractivity contribution in [3.05, 3.63) is 174 Å². The quantitative estimate of drug-likeness (QED) is 0.168. The van der Waals surface area contributed by atoms with Gasteiger partial charge in [-0.25, -0.2) is 0 Å². The molecule has 48 heavy (non-hydrogen) atoms. The Morgan fingerprint density at radius 2 is 1.17 bits per heavy atom. The monoisotopic (exact) mass is 635 g/mol. The fourth-order valence-electron chi connectivity index (χ4n) is 7.32. The van der Waals surface area contributed by atoms with Crippen LogP contribution in [0.2, 0.25) is 0 Å². The molecule has 8 rings (SSSR count). The van der Waals surface area contributed by atoms with E-state index >= 15 is 0 Å². The first-order valence-corrected chi connectivity index (χ1v) is 17.4. The van der Waals surface area contributed by atoms with Crippen LogP contribution in [0.1, 0.15) is 42.3 Å². The number of rotatable bonds is 7. The second kappa shape index (κ2) is 12.0. The van der Waals surface area contributed by atoms with E-state index in [1.807, 2.05) is 17.4 Å². The van der Waals surface area contributed by atoms with E-state index in [4.69, 9.17) is 0 Å². The highest BCUT2D eigenvalue weighted by molar-refractivity contribution is 7.20. The van der Waals surface area contributed by atoms with E-state index in [0.717, 1.165) is 17.1 Å². The summed E-state index contributed by atoms with van der Waals surface area (Å²) < 4.78 is 1.28. The van der Waals surface area contributed by atoms with Gasteiger partial charge >= 0.3 is 0 Å². The van der Waals surface area contributed by atoms with Crippen molar-refractivity contribution in [2.24, 2.45) is 0 Å². The first-order chi connectivity index (χ1) is 23.5. The molecule has 1 nitrogen and oxygen atoms in total. The van der Waals surface area contributed by atoms with Gasteiger partial charge in [0, 0.05) is 37.4 Å². The summed E-state index contributed by atoms with van der Waals surface area (Å²) in [5.74, 6) is 0. The number of thiophene rings is 1. The van der Waals surface area contributed by atoms with E-state index in [-0.39, 0.29) is 5.41 Å². The van der Waals surface area contributed by atoms with Crippen molar-refractivity contribution in [1.29, 1.82) is 0 Å². The highest BCUT2D eigenvalue weighted by Crippen LogP contribution is 2.50. The number of hydrogen-bond acceptors (Lipinski definition) is 2. The summed E-state index contributed by atoms with van der Waals surface area (Å²) in [7, 11) is 0. The zero-order chi connectivity index (χ0) is 32.8. The average Bonchev–Trinajstić information content (AvgIpc) is 3.59. The predicted molar refractivity (Wildman–Crippen MR) is 210 cm³/mol. The topological polar surface area (TPSA) is 3.24 Å². The third kappa shape index (κ3) is 5.01. The third-order valence-corrected chi connectivity index (χ3v) is 10.9.